The SMILES string of the molecule is CCOC(=O)COc1ccc(SC(F)(F)C(F)(F)C(F)(F)F)cc1[N+](=O)[O-]. The Labute approximate surface area is 150 Å². The topological polar surface area (TPSA) is 78.7 Å². The molecule has 6 nitrogen and oxygen atoms in total. The third kappa shape index (κ3) is 5.37. The van der Waals surface area contributed by atoms with E-state index in [9.17, 15) is 45.6 Å². The number of carbonyl (C=O) groups excluding carboxylic acids is 1. The number of carbonyl (C=O) groups is 1. The summed E-state index contributed by atoms with van der Waals surface area (Å²) in [6.07, 6.45) is -6.53. The summed E-state index contributed by atoms with van der Waals surface area (Å²) in [7, 11) is 0. The summed E-state index contributed by atoms with van der Waals surface area (Å²) in [6.45, 7) is 0.690. The number of thioether (sulfide) groups is 1. The normalized spacial score (nSPS) is 12.6. The molecule has 0 unspecified atom stereocenters. The van der Waals surface area contributed by atoms with Crippen LogP contribution >= 0.6 is 11.8 Å². The molecule has 0 aliphatic rings. The zero-order chi connectivity index (χ0) is 21.0. The molecule has 0 spiro atoms. The fourth-order valence-electron chi connectivity index (χ4n) is 1.54. The van der Waals surface area contributed by atoms with Gasteiger partial charge in [-0.1, -0.05) is 0 Å². The highest BCUT2D eigenvalue weighted by molar-refractivity contribution is 8.00. The molecule has 0 bridgehead atoms. The molecule has 0 heterocycles. The molecule has 14 heteroatoms. The van der Waals surface area contributed by atoms with Crippen LogP contribution in [-0.4, -0.2) is 41.5 Å². The van der Waals surface area contributed by atoms with Crippen LogP contribution < -0.4 is 4.74 Å². The number of ether oxygens (including phenoxy) is 2. The fraction of sp³-hybridized carbons (Fsp3) is 0.462. The van der Waals surface area contributed by atoms with Crippen LogP contribution in [0, 0.1) is 10.1 Å². The van der Waals surface area contributed by atoms with E-state index < -0.39 is 62.9 Å². The maximum Gasteiger partial charge on any atom is 0.460 e. The molecule has 1 rings (SSSR count). The Kier molecular flexibility index (Phi) is 6.91. The van der Waals surface area contributed by atoms with Crippen LogP contribution in [0.2, 0.25) is 0 Å². The highest BCUT2D eigenvalue weighted by atomic mass is 32.2. The molecular weight excluding hydrogens is 415 g/mol. The monoisotopic (exact) mass is 425 g/mol. The molecule has 0 N–H and O–H groups in total. The van der Waals surface area contributed by atoms with Crippen LogP contribution in [0.5, 0.6) is 5.75 Å². The van der Waals surface area contributed by atoms with Crippen LogP contribution in [-0.2, 0) is 9.53 Å². The lowest BCUT2D eigenvalue weighted by molar-refractivity contribution is -0.386. The number of hydrogen-bond acceptors (Lipinski definition) is 6. The van der Waals surface area contributed by atoms with E-state index in [-0.39, 0.29) is 6.61 Å². The quantitative estimate of drug-likeness (QED) is 0.202. The Bertz CT molecular complexity index is 711. The predicted octanol–water partition coefficient (Wildman–Crippen LogP) is 4.42. The first-order valence-corrected chi connectivity index (χ1v) is 7.62. The molecule has 152 valence electrons. The summed E-state index contributed by atoms with van der Waals surface area (Å²) in [4.78, 5) is 20.0. The van der Waals surface area contributed by atoms with E-state index in [0.717, 1.165) is 0 Å². The largest absolute Gasteiger partial charge is 0.475 e. The van der Waals surface area contributed by atoms with E-state index >= 15 is 0 Å². The van der Waals surface area contributed by atoms with Crippen molar-refractivity contribution in [3.05, 3.63) is 28.3 Å². The van der Waals surface area contributed by atoms with Crippen LogP contribution in [0.25, 0.3) is 0 Å². The van der Waals surface area contributed by atoms with Crippen molar-refractivity contribution >= 4 is 23.4 Å². The minimum Gasteiger partial charge on any atom is -0.475 e. The van der Waals surface area contributed by atoms with Gasteiger partial charge in [-0.05, 0) is 30.8 Å². The third-order valence-corrected chi connectivity index (χ3v) is 3.75. The third-order valence-electron chi connectivity index (χ3n) is 2.75. The Morgan fingerprint density at radius 1 is 1.19 bits per heavy atom. The number of halogens is 7. The Hall–Kier alpha value is -2.25. The fourth-order valence-corrected chi connectivity index (χ4v) is 2.39. The number of nitro groups is 1. The summed E-state index contributed by atoms with van der Waals surface area (Å²) in [5, 5.41) is 5.32. The molecule has 0 radical (unpaired) electrons. The first kappa shape index (κ1) is 22.8. The van der Waals surface area contributed by atoms with Crippen LogP contribution in [0.4, 0.5) is 36.4 Å². The molecule has 0 fully saturated rings. The zero-order valence-electron chi connectivity index (χ0n) is 13.2. The van der Waals surface area contributed by atoms with E-state index in [1.54, 1.807) is 0 Å². The van der Waals surface area contributed by atoms with E-state index in [1.807, 2.05) is 0 Å². The smallest absolute Gasteiger partial charge is 0.460 e. The van der Waals surface area contributed by atoms with Crippen molar-refractivity contribution in [2.45, 2.75) is 29.2 Å². The van der Waals surface area contributed by atoms with Crippen molar-refractivity contribution in [3.63, 3.8) is 0 Å². The Morgan fingerprint density at radius 2 is 1.78 bits per heavy atom. The van der Waals surface area contributed by atoms with E-state index in [2.05, 4.69) is 4.74 Å². The molecular formula is C13H10F7NO5S. The van der Waals surface area contributed by atoms with Crippen LogP contribution in [0.3, 0.4) is 0 Å². The lowest BCUT2D eigenvalue weighted by Gasteiger charge is -2.27. The number of nitrogens with zero attached hydrogens (tertiary/aromatic N) is 1. The van der Waals surface area contributed by atoms with Crippen LogP contribution in [0.1, 0.15) is 6.92 Å². The van der Waals surface area contributed by atoms with E-state index in [1.165, 1.54) is 6.92 Å². The van der Waals surface area contributed by atoms with Gasteiger partial charge in [-0.25, -0.2) is 4.79 Å². The van der Waals surface area contributed by atoms with Crippen molar-refractivity contribution < 1.29 is 49.9 Å². The van der Waals surface area contributed by atoms with Crippen molar-refractivity contribution in [3.8, 4) is 5.75 Å². The highest BCUT2D eigenvalue weighted by Gasteiger charge is 2.73. The van der Waals surface area contributed by atoms with Gasteiger partial charge in [0.1, 0.15) is 0 Å². The number of benzene rings is 1. The van der Waals surface area contributed by atoms with Crippen molar-refractivity contribution in [2.24, 2.45) is 0 Å². The molecule has 0 aliphatic heterocycles. The summed E-state index contributed by atoms with van der Waals surface area (Å²) in [5.74, 6) is -7.87. The lowest BCUT2D eigenvalue weighted by atomic mass is 10.3. The maximum atomic E-state index is 13.4. The summed E-state index contributed by atoms with van der Waals surface area (Å²) >= 11 is -1.20. The van der Waals surface area contributed by atoms with Crippen LogP contribution in [0.15, 0.2) is 23.1 Å². The molecule has 1 aromatic rings. The van der Waals surface area contributed by atoms with Gasteiger partial charge in [0.15, 0.2) is 12.4 Å². The lowest BCUT2D eigenvalue weighted by Crippen LogP contribution is -2.49. The molecule has 0 aliphatic carbocycles. The summed E-state index contributed by atoms with van der Waals surface area (Å²) in [5.41, 5.74) is -1.02. The number of esters is 1. The van der Waals surface area contributed by atoms with Gasteiger partial charge >= 0.3 is 29.0 Å². The second-order valence-corrected chi connectivity index (χ2v) is 5.86. The average Bonchev–Trinajstić information content (AvgIpc) is 2.52. The Morgan fingerprint density at radius 3 is 2.26 bits per heavy atom. The number of alkyl halides is 7. The average molecular weight is 425 g/mol. The zero-order valence-corrected chi connectivity index (χ0v) is 14.0. The molecule has 1 aromatic carbocycles. The molecule has 0 aromatic heterocycles. The van der Waals surface area contributed by atoms with Crippen molar-refractivity contribution in [1.82, 2.24) is 0 Å². The van der Waals surface area contributed by atoms with Crippen molar-refractivity contribution in [1.29, 1.82) is 0 Å². The van der Waals surface area contributed by atoms with E-state index in [4.69, 9.17) is 4.74 Å². The molecule has 0 saturated heterocycles. The summed E-state index contributed by atoms with van der Waals surface area (Å²) < 4.78 is 98.2. The van der Waals surface area contributed by atoms with Gasteiger partial charge in [0.25, 0.3) is 0 Å². The maximum absolute atomic E-state index is 13.4. The molecule has 27 heavy (non-hydrogen) atoms. The molecule has 0 saturated carbocycles. The van der Waals surface area contributed by atoms with Gasteiger partial charge < -0.3 is 9.47 Å². The number of rotatable bonds is 8. The second-order valence-electron chi connectivity index (χ2n) is 4.67. The van der Waals surface area contributed by atoms with E-state index in [0.29, 0.717) is 18.2 Å². The minimum atomic E-state index is -6.53. The number of hydrogen-bond donors (Lipinski definition) is 0. The Balaban J connectivity index is 3.09. The molecule has 0 amide bonds. The first-order valence-electron chi connectivity index (χ1n) is 6.81. The van der Waals surface area contributed by atoms with Gasteiger partial charge in [-0.3, -0.25) is 10.1 Å². The first-order chi connectivity index (χ1) is 12.2. The van der Waals surface area contributed by atoms with Crippen molar-refractivity contribution in [2.75, 3.05) is 13.2 Å². The molecule has 0 atom stereocenters. The predicted molar refractivity (Wildman–Crippen MR) is 77.0 cm³/mol. The highest BCUT2D eigenvalue weighted by Crippen LogP contribution is 2.54. The van der Waals surface area contributed by atoms with Gasteiger partial charge in [-0.2, -0.15) is 30.7 Å². The minimum absolute atomic E-state index is 0.0115. The van der Waals surface area contributed by atoms with Gasteiger partial charge in [0.2, 0.25) is 0 Å². The summed E-state index contributed by atoms with van der Waals surface area (Å²) in [6, 6.07) is 1.62. The van der Waals surface area contributed by atoms with Gasteiger partial charge in [0, 0.05) is 11.0 Å². The standard InChI is InChI=1S/C13H10F7NO5S/c1-2-25-10(22)6-26-9-4-3-7(5-8(9)21(23)24)27-13(19,20)11(14,15)12(16,17)18/h3-5H,2,6H2,1H3. The second kappa shape index (κ2) is 8.19. The number of nitro benzene ring substituents is 1. The van der Waals surface area contributed by atoms with Gasteiger partial charge in [-0.15, -0.1) is 0 Å². The van der Waals surface area contributed by atoms with Gasteiger partial charge in [0.05, 0.1) is 11.5 Å².